The molecule has 15 heteroatoms. The van der Waals surface area contributed by atoms with Gasteiger partial charge < -0.3 is 46.0 Å². The van der Waals surface area contributed by atoms with Gasteiger partial charge in [-0.25, -0.2) is 14.4 Å². The van der Waals surface area contributed by atoms with Crippen LogP contribution in [0.2, 0.25) is 23.2 Å². The maximum absolute atomic E-state index is 11.8. The topological polar surface area (TPSA) is 225 Å². The third-order valence-corrected chi connectivity index (χ3v) is 10.5. The first-order valence-corrected chi connectivity index (χ1v) is 17.5. The molecular formula is C30H57ClN4O9Si. The van der Waals surface area contributed by atoms with Gasteiger partial charge in [-0.05, 0) is 54.6 Å². The fourth-order valence-corrected chi connectivity index (χ4v) is 4.60. The van der Waals surface area contributed by atoms with Crippen LogP contribution in [0.3, 0.4) is 0 Å². The molecular weight excluding hydrogens is 624 g/mol. The number of carboxylic acid groups (broad SMARTS) is 4. The number of carbonyl (C=O) groups excluding carboxylic acids is 1. The van der Waals surface area contributed by atoms with Crippen LogP contribution in [-0.4, -0.2) is 79.5 Å². The zero-order chi connectivity index (χ0) is 35.4. The Labute approximate surface area is 275 Å². The van der Waals surface area contributed by atoms with Crippen molar-refractivity contribution in [2.24, 2.45) is 11.8 Å². The summed E-state index contributed by atoms with van der Waals surface area (Å²) in [6, 6.07) is 7.28. The molecule has 1 heterocycles. The van der Waals surface area contributed by atoms with Crippen LogP contribution >= 0.6 is 11.6 Å². The summed E-state index contributed by atoms with van der Waals surface area (Å²) in [4.78, 5) is 31.1. The average Bonchev–Trinajstić information content (AvgIpc) is 2.83. The van der Waals surface area contributed by atoms with Gasteiger partial charge in [0.15, 0.2) is 8.32 Å². The van der Waals surface area contributed by atoms with Gasteiger partial charge >= 0.3 is 18.4 Å². The summed E-state index contributed by atoms with van der Waals surface area (Å²) in [5.41, 5.74) is 1.39. The lowest BCUT2D eigenvalue weighted by Crippen LogP contribution is -2.59. The molecule has 1 aliphatic heterocycles. The largest absolute Gasteiger partial charge is 0.503 e. The van der Waals surface area contributed by atoms with E-state index in [-0.39, 0.29) is 23.3 Å². The molecule has 45 heavy (non-hydrogen) atoms. The molecule has 1 amide bonds. The normalized spacial score (nSPS) is 15.4. The van der Waals surface area contributed by atoms with Crippen molar-refractivity contribution in [2.75, 3.05) is 25.1 Å². The van der Waals surface area contributed by atoms with Crippen LogP contribution in [0.15, 0.2) is 18.2 Å². The van der Waals surface area contributed by atoms with E-state index in [1.165, 1.54) is 7.11 Å². The summed E-state index contributed by atoms with van der Waals surface area (Å²) in [5.74, 6) is 1.67. The Morgan fingerprint density at radius 2 is 1.44 bits per heavy atom. The molecule has 0 unspecified atom stereocenters. The number of ether oxygens (including phenoxy) is 1. The molecule has 1 aliphatic rings. The van der Waals surface area contributed by atoms with E-state index < -0.39 is 26.7 Å². The molecule has 262 valence electrons. The zero-order valence-corrected chi connectivity index (χ0v) is 30.7. The highest BCUT2D eigenvalue weighted by atomic mass is 35.5. The van der Waals surface area contributed by atoms with E-state index in [2.05, 4.69) is 91.7 Å². The number of nitrogens with zero attached hydrogens (tertiary/aromatic N) is 2. The molecule has 1 aromatic carbocycles. The number of piperidine rings is 1. The summed E-state index contributed by atoms with van der Waals surface area (Å²) in [5, 5.41) is 40.7. The second-order valence-electron chi connectivity index (χ2n) is 12.7. The summed E-state index contributed by atoms with van der Waals surface area (Å²) >= 11 is 6.41. The van der Waals surface area contributed by atoms with Gasteiger partial charge in [-0.1, -0.05) is 73.9 Å². The molecule has 8 N–H and O–H groups in total. The summed E-state index contributed by atoms with van der Waals surface area (Å²) in [7, 11) is -0.699. The minimum Gasteiger partial charge on any atom is -0.453 e. The number of anilines is 1. The van der Waals surface area contributed by atoms with E-state index in [4.69, 9.17) is 50.8 Å². The smallest absolute Gasteiger partial charge is 0.453 e. The number of carbonyl (C=O) groups is 3. The number of hydrogen-bond acceptors (Lipinski definition) is 8. The van der Waals surface area contributed by atoms with Crippen LogP contribution in [0.5, 0.6) is 0 Å². The molecule has 1 aromatic rings. The SMILES string of the molecule is CC(C)C.CC(C)C.COC(=O)N[C@H]1CCN(c2cc(C#N)ccc2Cl)C[C@@H]1O[Si](C)(C)C(C)(C)C.N.O=C(O)O.O=C(O)O. The maximum atomic E-state index is 11.8. The summed E-state index contributed by atoms with van der Waals surface area (Å²) in [6.07, 6.45) is -3.62. The highest BCUT2D eigenvalue weighted by Crippen LogP contribution is 2.39. The van der Waals surface area contributed by atoms with E-state index in [0.717, 1.165) is 17.5 Å². The van der Waals surface area contributed by atoms with Crippen molar-refractivity contribution in [3.63, 3.8) is 0 Å². The monoisotopic (exact) mass is 680 g/mol. The van der Waals surface area contributed by atoms with Crippen molar-refractivity contribution >= 4 is 44.0 Å². The number of amides is 1. The van der Waals surface area contributed by atoms with E-state index in [0.29, 0.717) is 30.1 Å². The Balaban J connectivity index is -0.000000410. The fraction of sp³-hybridized carbons (Fsp3) is 0.667. The number of methoxy groups -OCH3 is 1. The maximum Gasteiger partial charge on any atom is 0.503 e. The minimum atomic E-state index is -2.06. The van der Waals surface area contributed by atoms with Crippen LogP contribution in [0.1, 0.15) is 74.3 Å². The lowest BCUT2D eigenvalue weighted by Gasteiger charge is -2.46. The Hall–Kier alpha value is -3.25. The molecule has 0 aliphatic carbocycles. The van der Waals surface area contributed by atoms with Gasteiger partial charge in [0.2, 0.25) is 0 Å². The summed E-state index contributed by atoms with van der Waals surface area (Å²) < 4.78 is 11.5. The number of benzene rings is 1. The van der Waals surface area contributed by atoms with Gasteiger partial charge in [-0.2, -0.15) is 5.26 Å². The Bertz CT molecular complexity index is 1010. The van der Waals surface area contributed by atoms with Crippen molar-refractivity contribution < 1.29 is 44.0 Å². The molecule has 0 radical (unpaired) electrons. The minimum absolute atomic E-state index is 0. The van der Waals surface area contributed by atoms with E-state index >= 15 is 0 Å². The molecule has 2 atom stereocenters. The third kappa shape index (κ3) is 25.7. The fourth-order valence-electron chi connectivity index (χ4n) is 3.01. The number of nitriles is 1. The average molecular weight is 681 g/mol. The van der Waals surface area contributed by atoms with Crippen molar-refractivity contribution in [1.82, 2.24) is 11.5 Å². The molecule has 0 spiro atoms. The van der Waals surface area contributed by atoms with Gasteiger partial charge in [0.25, 0.3) is 0 Å². The van der Waals surface area contributed by atoms with Crippen molar-refractivity contribution in [1.29, 1.82) is 5.26 Å². The quantitative estimate of drug-likeness (QED) is 0.165. The number of hydrogen-bond donors (Lipinski definition) is 6. The van der Waals surface area contributed by atoms with Crippen LogP contribution < -0.4 is 16.4 Å². The standard InChI is InChI=1S/C20H30ClN3O3Si.2C4H10.2CH2O3.H3N/c1-20(2,3)28(5,6)27-18-13-24(10-9-16(18)23-19(25)26-4)17-11-14(12-22)7-8-15(17)21;2*1-4(2)3;2*2-1(3)4;/h7-8,11,16,18H,9-10,13H2,1-6H3,(H,23,25);2*4H,1-3H3;2*(H2,2,3,4);1H3/t16-,18-;;;;;/m0...../s1. The molecule has 13 nitrogen and oxygen atoms in total. The summed E-state index contributed by atoms with van der Waals surface area (Å²) in [6.45, 7) is 25.2. The molecule has 1 fully saturated rings. The lowest BCUT2D eigenvalue weighted by molar-refractivity contribution is 0.109. The Morgan fingerprint density at radius 1 is 1.02 bits per heavy atom. The van der Waals surface area contributed by atoms with Crippen molar-refractivity contribution in [3.05, 3.63) is 28.8 Å². The van der Waals surface area contributed by atoms with Gasteiger partial charge in [0, 0.05) is 13.1 Å². The Morgan fingerprint density at radius 3 is 1.80 bits per heavy atom. The second kappa shape index (κ2) is 24.0. The first kappa shape index (κ1) is 48.6. The van der Waals surface area contributed by atoms with Gasteiger partial charge in [0.1, 0.15) is 0 Å². The lowest BCUT2D eigenvalue weighted by atomic mass is 10.0. The van der Waals surface area contributed by atoms with Crippen molar-refractivity contribution in [2.45, 2.75) is 99.0 Å². The first-order valence-electron chi connectivity index (χ1n) is 14.2. The molecule has 1 saturated heterocycles. The second-order valence-corrected chi connectivity index (χ2v) is 17.9. The van der Waals surface area contributed by atoms with Crippen LogP contribution in [0.4, 0.5) is 20.1 Å². The number of halogens is 1. The Kier molecular flexibility index (Phi) is 26.0. The first-order chi connectivity index (χ1) is 19.9. The van der Waals surface area contributed by atoms with E-state index in [1.807, 2.05) is 0 Å². The van der Waals surface area contributed by atoms with Crippen LogP contribution in [0.25, 0.3) is 0 Å². The molecule has 0 saturated carbocycles. The highest BCUT2D eigenvalue weighted by Gasteiger charge is 2.43. The number of rotatable bonds is 4. The van der Waals surface area contributed by atoms with Gasteiger partial charge in [0.05, 0.1) is 41.6 Å². The molecule has 2 rings (SSSR count). The van der Waals surface area contributed by atoms with Crippen LogP contribution in [-0.2, 0) is 9.16 Å². The van der Waals surface area contributed by atoms with Crippen LogP contribution in [0, 0.1) is 23.2 Å². The van der Waals surface area contributed by atoms with E-state index in [1.54, 1.807) is 18.2 Å². The number of nitrogens with one attached hydrogen (secondary N) is 1. The van der Waals surface area contributed by atoms with Gasteiger partial charge in [-0.3, -0.25) is 0 Å². The predicted molar refractivity (Wildman–Crippen MR) is 182 cm³/mol. The highest BCUT2D eigenvalue weighted by molar-refractivity contribution is 6.74. The predicted octanol–water partition coefficient (Wildman–Crippen LogP) is 8.47. The van der Waals surface area contributed by atoms with E-state index in [9.17, 15) is 10.1 Å². The molecule has 0 aromatic heterocycles. The van der Waals surface area contributed by atoms with Gasteiger partial charge in [-0.15, -0.1) is 0 Å². The third-order valence-electron chi connectivity index (χ3n) is 5.72. The number of alkyl carbamates (subject to hydrolysis) is 1. The zero-order valence-electron chi connectivity index (χ0n) is 29.0. The van der Waals surface area contributed by atoms with Crippen molar-refractivity contribution in [3.8, 4) is 6.07 Å². The molecule has 0 bridgehead atoms.